The van der Waals surface area contributed by atoms with Crippen molar-refractivity contribution in [2.75, 3.05) is 6.54 Å². The molecule has 5 saturated carbocycles. The van der Waals surface area contributed by atoms with Gasteiger partial charge in [-0.2, -0.15) is 0 Å². The van der Waals surface area contributed by atoms with Crippen LogP contribution in [0.4, 0.5) is 0 Å². The molecule has 5 aliphatic carbocycles. The quantitative estimate of drug-likeness (QED) is 0.737. The van der Waals surface area contributed by atoms with Crippen LogP contribution in [0.5, 0.6) is 0 Å². The second-order valence-corrected chi connectivity index (χ2v) is 8.44. The van der Waals surface area contributed by atoms with Gasteiger partial charge in [-0.05, 0) is 81.6 Å². The van der Waals surface area contributed by atoms with Crippen LogP contribution in [0, 0.1) is 23.7 Å². The summed E-state index contributed by atoms with van der Waals surface area (Å²) in [5.41, 5.74) is 0.598. The lowest BCUT2D eigenvalue weighted by Gasteiger charge is -2.57. The Morgan fingerprint density at radius 3 is 1.79 bits per heavy atom. The molecule has 0 spiro atoms. The van der Waals surface area contributed by atoms with Gasteiger partial charge in [-0.1, -0.05) is 25.7 Å². The highest BCUT2D eigenvalue weighted by atomic mass is 15.0. The Balaban J connectivity index is 1.36. The zero-order valence-electron chi connectivity index (χ0n) is 12.5. The Kier molecular flexibility index (Phi) is 3.38. The van der Waals surface area contributed by atoms with Crippen molar-refractivity contribution in [1.82, 2.24) is 5.32 Å². The smallest absolute Gasteiger partial charge is 0.0189 e. The molecular weight excluding hydrogens is 230 g/mol. The third kappa shape index (κ3) is 2.60. The third-order valence-corrected chi connectivity index (χ3v) is 6.78. The van der Waals surface area contributed by atoms with Crippen molar-refractivity contribution in [2.45, 2.75) is 82.6 Å². The van der Waals surface area contributed by atoms with Gasteiger partial charge in [0.2, 0.25) is 0 Å². The van der Waals surface area contributed by atoms with Crippen molar-refractivity contribution in [3.63, 3.8) is 0 Å². The van der Waals surface area contributed by atoms with E-state index in [1.54, 1.807) is 19.3 Å². The van der Waals surface area contributed by atoms with Crippen LogP contribution in [0.1, 0.15) is 77.0 Å². The summed E-state index contributed by atoms with van der Waals surface area (Å²) in [6, 6.07) is 0. The molecule has 108 valence electrons. The van der Waals surface area contributed by atoms with E-state index in [4.69, 9.17) is 0 Å². The van der Waals surface area contributed by atoms with Crippen molar-refractivity contribution in [3.8, 4) is 0 Å². The molecule has 0 saturated heterocycles. The van der Waals surface area contributed by atoms with Crippen LogP contribution in [-0.2, 0) is 0 Å². The van der Waals surface area contributed by atoms with Gasteiger partial charge in [0, 0.05) is 5.54 Å². The maximum Gasteiger partial charge on any atom is 0.0189 e. The van der Waals surface area contributed by atoms with E-state index in [9.17, 15) is 0 Å². The fourth-order valence-electron chi connectivity index (χ4n) is 6.26. The normalized spacial score (nSPS) is 46.4. The highest BCUT2D eigenvalue weighted by molar-refractivity contribution is 5.06. The summed E-state index contributed by atoms with van der Waals surface area (Å²) >= 11 is 0. The van der Waals surface area contributed by atoms with Crippen LogP contribution in [-0.4, -0.2) is 12.1 Å². The number of hydrogen-bond acceptors (Lipinski definition) is 1. The zero-order valence-corrected chi connectivity index (χ0v) is 12.5. The first-order valence-electron chi connectivity index (χ1n) is 9.06. The molecule has 0 aromatic rings. The molecule has 0 aromatic carbocycles. The Labute approximate surface area is 118 Å². The van der Waals surface area contributed by atoms with Gasteiger partial charge in [-0.25, -0.2) is 0 Å². The minimum absolute atomic E-state index is 0.598. The van der Waals surface area contributed by atoms with E-state index in [0.717, 1.165) is 23.7 Å². The Hall–Kier alpha value is -0.0400. The van der Waals surface area contributed by atoms with Gasteiger partial charge >= 0.3 is 0 Å². The summed E-state index contributed by atoms with van der Waals surface area (Å²) in [5.74, 6) is 4.27. The fraction of sp³-hybridized carbons (Fsp3) is 1.00. The molecule has 0 aromatic heterocycles. The van der Waals surface area contributed by atoms with Crippen LogP contribution in [0.3, 0.4) is 0 Å². The average Bonchev–Trinajstić information content (AvgIpc) is 2.63. The summed E-state index contributed by atoms with van der Waals surface area (Å²) in [6.45, 7) is 1.34. The van der Waals surface area contributed by atoms with Crippen molar-refractivity contribution in [3.05, 3.63) is 0 Å². The maximum absolute atomic E-state index is 4.12. The van der Waals surface area contributed by atoms with E-state index in [-0.39, 0.29) is 0 Å². The Morgan fingerprint density at radius 1 is 0.737 bits per heavy atom. The van der Waals surface area contributed by atoms with E-state index in [1.807, 2.05) is 0 Å². The molecule has 19 heavy (non-hydrogen) atoms. The largest absolute Gasteiger partial charge is 0.311 e. The molecule has 0 atom stereocenters. The molecule has 0 amide bonds. The molecule has 1 N–H and O–H groups in total. The summed E-state index contributed by atoms with van der Waals surface area (Å²) in [4.78, 5) is 0. The lowest BCUT2D eigenvalue weighted by atomic mass is 9.53. The van der Waals surface area contributed by atoms with Crippen LogP contribution in [0.25, 0.3) is 0 Å². The van der Waals surface area contributed by atoms with Gasteiger partial charge in [0.1, 0.15) is 0 Å². The van der Waals surface area contributed by atoms with Gasteiger partial charge in [0.25, 0.3) is 0 Å². The number of nitrogens with one attached hydrogen (secondary N) is 1. The minimum Gasteiger partial charge on any atom is -0.311 e. The first-order valence-corrected chi connectivity index (χ1v) is 9.06. The van der Waals surface area contributed by atoms with E-state index in [1.165, 1.54) is 64.3 Å². The minimum atomic E-state index is 0.598. The highest BCUT2D eigenvalue weighted by Crippen LogP contribution is 2.55. The van der Waals surface area contributed by atoms with Crippen molar-refractivity contribution < 1.29 is 0 Å². The Morgan fingerprint density at radius 2 is 1.26 bits per heavy atom. The summed E-state index contributed by atoms with van der Waals surface area (Å²) < 4.78 is 0. The van der Waals surface area contributed by atoms with Gasteiger partial charge in [0.05, 0.1) is 0 Å². The van der Waals surface area contributed by atoms with Gasteiger partial charge < -0.3 is 5.32 Å². The van der Waals surface area contributed by atoms with E-state index in [2.05, 4.69) is 5.32 Å². The lowest BCUT2D eigenvalue weighted by molar-refractivity contribution is -0.0215. The molecule has 1 nitrogen and oxygen atoms in total. The SMILES string of the molecule is C1CCCC(CNC23CC4CC(CC(C4)C2)C3)CC1. The maximum atomic E-state index is 4.12. The van der Waals surface area contributed by atoms with E-state index in [0.29, 0.717) is 5.54 Å². The summed E-state index contributed by atoms with van der Waals surface area (Å²) in [7, 11) is 0. The molecule has 1 heteroatoms. The van der Waals surface area contributed by atoms with Crippen molar-refractivity contribution in [2.24, 2.45) is 23.7 Å². The monoisotopic (exact) mass is 261 g/mol. The second-order valence-electron chi connectivity index (χ2n) is 8.44. The molecular formula is C18H31N. The first-order chi connectivity index (χ1) is 9.31. The molecule has 4 bridgehead atoms. The second kappa shape index (κ2) is 5.06. The highest BCUT2D eigenvalue weighted by Gasteiger charge is 2.50. The predicted molar refractivity (Wildman–Crippen MR) is 80.1 cm³/mol. The molecule has 0 unspecified atom stereocenters. The molecule has 0 radical (unpaired) electrons. The average molecular weight is 261 g/mol. The van der Waals surface area contributed by atoms with Crippen molar-refractivity contribution in [1.29, 1.82) is 0 Å². The van der Waals surface area contributed by atoms with Gasteiger partial charge in [0.15, 0.2) is 0 Å². The van der Waals surface area contributed by atoms with Crippen LogP contribution < -0.4 is 5.32 Å². The molecule has 5 rings (SSSR count). The molecule has 5 aliphatic rings. The van der Waals surface area contributed by atoms with E-state index >= 15 is 0 Å². The van der Waals surface area contributed by atoms with Crippen LogP contribution in [0.15, 0.2) is 0 Å². The molecule has 0 aliphatic heterocycles. The fourth-order valence-corrected chi connectivity index (χ4v) is 6.26. The van der Waals surface area contributed by atoms with Crippen molar-refractivity contribution >= 4 is 0 Å². The zero-order chi connectivity index (χ0) is 12.7. The molecule has 0 heterocycles. The first kappa shape index (κ1) is 12.7. The topological polar surface area (TPSA) is 12.0 Å². The standard InChI is InChI=1S/C18H31N/c1-2-4-6-14(5-3-1)13-19-18-10-15-7-16(11-18)9-17(8-15)12-18/h14-17,19H,1-13H2. The number of hydrogen-bond donors (Lipinski definition) is 1. The van der Waals surface area contributed by atoms with Gasteiger partial charge in [-0.15, -0.1) is 0 Å². The van der Waals surface area contributed by atoms with Gasteiger partial charge in [-0.3, -0.25) is 0 Å². The van der Waals surface area contributed by atoms with Crippen LogP contribution in [0.2, 0.25) is 0 Å². The Bertz CT molecular complexity index is 278. The van der Waals surface area contributed by atoms with Crippen LogP contribution >= 0.6 is 0 Å². The lowest BCUT2D eigenvalue weighted by Crippen LogP contribution is -2.59. The third-order valence-electron chi connectivity index (χ3n) is 6.78. The summed E-state index contributed by atoms with van der Waals surface area (Å²) in [6.07, 6.45) is 18.3. The number of rotatable bonds is 3. The predicted octanol–water partition coefficient (Wildman–Crippen LogP) is 4.52. The molecule has 5 fully saturated rings. The summed E-state index contributed by atoms with van der Waals surface area (Å²) in [5, 5.41) is 4.12. The van der Waals surface area contributed by atoms with E-state index < -0.39 is 0 Å².